The zero-order chi connectivity index (χ0) is 15.4. The van der Waals surface area contributed by atoms with E-state index in [1.54, 1.807) is 11.8 Å². The van der Waals surface area contributed by atoms with Crippen LogP contribution in [-0.4, -0.2) is 29.1 Å². The lowest BCUT2D eigenvalue weighted by Crippen LogP contribution is -2.34. The molecule has 4 heteroatoms. The summed E-state index contributed by atoms with van der Waals surface area (Å²) in [4.78, 5) is 21.9. The van der Waals surface area contributed by atoms with Crippen LogP contribution >= 0.6 is 11.8 Å². The molecule has 108 valence electrons. The summed E-state index contributed by atoms with van der Waals surface area (Å²) in [6.07, 6.45) is 2.00. The van der Waals surface area contributed by atoms with Crippen molar-refractivity contribution >= 4 is 23.3 Å². The number of thioether (sulfide) groups is 1. The van der Waals surface area contributed by atoms with Crippen LogP contribution in [0, 0.1) is 0 Å². The Labute approximate surface area is 117 Å². The van der Waals surface area contributed by atoms with Crippen molar-refractivity contribution in [1.29, 1.82) is 0 Å². The first-order chi connectivity index (χ1) is 8.30. The molecule has 0 heterocycles. The lowest BCUT2D eigenvalue weighted by atomic mass is 10.2. The van der Waals surface area contributed by atoms with Crippen molar-refractivity contribution in [2.24, 2.45) is 0 Å². The molecule has 0 aliphatic rings. The van der Waals surface area contributed by atoms with E-state index in [2.05, 4.69) is 25.7 Å². The van der Waals surface area contributed by atoms with Crippen molar-refractivity contribution in [3.63, 3.8) is 0 Å². The summed E-state index contributed by atoms with van der Waals surface area (Å²) >= 11 is 1.69. The maximum absolute atomic E-state index is 11.1. The number of nitrogens with one attached hydrogen (secondary N) is 1. The highest BCUT2D eigenvalue weighted by atomic mass is 32.2. The van der Waals surface area contributed by atoms with Crippen LogP contribution in [0.4, 0.5) is 0 Å². The SMILES string of the molecule is C=C(NCC(C)(C)SC)C(=O)C(C)=O.CC.CC. The van der Waals surface area contributed by atoms with Gasteiger partial charge in [0, 0.05) is 18.2 Å². The fourth-order valence-corrected chi connectivity index (χ4v) is 0.901. The minimum Gasteiger partial charge on any atom is -0.381 e. The second-order valence-electron chi connectivity index (χ2n) is 3.68. The highest BCUT2D eigenvalue weighted by Crippen LogP contribution is 2.19. The Hall–Kier alpha value is -0.770. The summed E-state index contributed by atoms with van der Waals surface area (Å²) in [6, 6.07) is 0. The van der Waals surface area contributed by atoms with Gasteiger partial charge >= 0.3 is 0 Å². The average molecular weight is 275 g/mol. The molecule has 0 aromatic rings. The molecule has 0 radical (unpaired) electrons. The van der Waals surface area contributed by atoms with Crippen LogP contribution in [0.2, 0.25) is 0 Å². The van der Waals surface area contributed by atoms with E-state index in [9.17, 15) is 9.59 Å². The molecular formula is C14H29NO2S. The second-order valence-corrected chi connectivity index (χ2v) is 5.19. The van der Waals surface area contributed by atoms with E-state index in [-0.39, 0.29) is 10.4 Å². The second kappa shape index (κ2) is 12.7. The molecule has 0 aliphatic heterocycles. The summed E-state index contributed by atoms with van der Waals surface area (Å²) in [6.45, 7) is 17.5. The van der Waals surface area contributed by atoms with E-state index in [0.29, 0.717) is 6.54 Å². The fraction of sp³-hybridized carbons (Fsp3) is 0.714. The summed E-state index contributed by atoms with van der Waals surface area (Å²) in [5.41, 5.74) is 0.180. The van der Waals surface area contributed by atoms with E-state index < -0.39 is 11.6 Å². The van der Waals surface area contributed by atoms with Crippen molar-refractivity contribution in [3.05, 3.63) is 12.3 Å². The molecule has 0 bridgehead atoms. The molecule has 3 nitrogen and oxygen atoms in total. The highest BCUT2D eigenvalue weighted by molar-refractivity contribution is 7.99. The third kappa shape index (κ3) is 11.7. The van der Waals surface area contributed by atoms with Gasteiger partial charge in [0.15, 0.2) is 0 Å². The summed E-state index contributed by atoms with van der Waals surface area (Å²) in [5.74, 6) is -1.02. The summed E-state index contributed by atoms with van der Waals surface area (Å²) < 4.78 is 0.0278. The number of carbonyl (C=O) groups excluding carboxylic acids is 2. The lowest BCUT2D eigenvalue weighted by molar-refractivity contribution is -0.133. The molecule has 0 amide bonds. The van der Waals surface area contributed by atoms with Crippen LogP contribution in [0.1, 0.15) is 48.5 Å². The standard InChI is InChI=1S/C10H17NO2S.2C2H6/c1-7(9(13)8(2)12)11-6-10(3,4)14-5;2*1-2/h11H,1,6H2,2-5H3;2*1-2H3. The lowest BCUT2D eigenvalue weighted by Gasteiger charge is -2.23. The van der Waals surface area contributed by atoms with Gasteiger partial charge in [-0.3, -0.25) is 9.59 Å². The van der Waals surface area contributed by atoms with Crippen LogP contribution in [0.15, 0.2) is 12.3 Å². The minimum atomic E-state index is -0.540. The zero-order valence-electron chi connectivity index (χ0n) is 13.1. The third-order valence-electron chi connectivity index (χ3n) is 1.87. The van der Waals surface area contributed by atoms with Crippen LogP contribution in [0.3, 0.4) is 0 Å². The number of rotatable bonds is 6. The first-order valence-corrected chi connectivity index (χ1v) is 7.56. The normalized spacial score (nSPS) is 9.11. The predicted octanol–water partition coefficient (Wildman–Crippen LogP) is 3.44. The van der Waals surface area contributed by atoms with E-state index in [0.717, 1.165) is 0 Å². The Morgan fingerprint density at radius 3 is 1.83 bits per heavy atom. The molecular weight excluding hydrogens is 246 g/mol. The Morgan fingerprint density at radius 2 is 1.56 bits per heavy atom. The Kier molecular flexibility index (Phi) is 15.8. The minimum absolute atomic E-state index is 0.0278. The van der Waals surface area contributed by atoms with Gasteiger partial charge in [-0.25, -0.2) is 0 Å². The van der Waals surface area contributed by atoms with Gasteiger partial charge in [0.25, 0.3) is 0 Å². The largest absolute Gasteiger partial charge is 0.381 e. The Balaban J connectivity index is -0.000000506. The smallest absolute Gasteiger partial charge is 0.243 e. The fourth-order valence-electron chi connectivity index (χ4n) is 0.684. The maximum Gasteiger partial charge on any atom is 0.243 e. The van der Waals surface area contributed by atoms with Gasteiger partial charge < -0.3 is 5.32 Å². The highest BCUT2D eigenvalue weighted by Gasteiger charge is 2.18. The number of allylic oxidation sites excluding steroid dienone is 1. The number of carbonyl (C=O) groups is 2. The molecule has 1 N–H and O–H groups in total. The Bertz CT molecular complexity index is 261. The molecule has 0 fully saturated rings. The Morgan fingerprint density at radius 1 is 1.17 bits per heavy atom. The summed E-state index contributed by atoms with van der Waals surface area (Å²) in [5, 5.41) is 2.87. The van der Waals surface area contributed by atoms with Gasteiger partial charge in [0.2, 0.25) is 11.6 Å². The quantitative estimate of drug-likeness (QED) is 0.596. The van der Waals surface area contributed by atoms with Crippen molar-refractivity contribution in [2.45, 2.75) is 53.2 Å². The van der Waals surface area contributed by atoms with Gasteiger partial charge in [-0.15, -0.1) is 0 Å². The molecule has 0 saturated carbocycles. The average Bonchev–Trinajstić information content (AvgIpc) is 2.39. The van der Waals surface area contributed by atoms with Crippen molar-refractivity contribution in [2.75, 3.05) is 12.8 Å². The van der Waals surface area contributed by atoms with Gasteiger partial charge in [-0.1, -0.05) is 34.3 Å². The molecule has 0 aromatic heterocycles. The number of Topliss-reactive ketones (excluding diaryl/α,β-unsaturated/α-hetero) is 2. The zero-order valence-corrected chi connectivity index (χ0v) is 14.0. The number of hydrogen-bond acceptors (Lipinski definition) is 4. The summed E-state index contributed by atoms with van der Waals surface area (Å²) in [7, 11) is 0. The van der Waals surface area contributed by atoms with Crippen LogP contribution in [0.25, 0.3) is 0 Å². The van der Waals surface area contributed by atoms with Crippen molar-refractivity contribution in [1.82, 2.24) is 5.32 Å². The molecule has 18 heavy (non-hydrogen) atoms. The molecule has 0 atom stereocenters. The van der Waals surface area contributed by atoms with E-state index >= 15 is 0 Å². The van der Waals surface area contributed by atoms with Crippen LogP contribution in [-0.2, 0) is 9.59 Å². The first kappa shape index (κ1) is 22.4. The van der Waals surface area contributed by atoms with E-state index in [1.807, 2.05) is 34.0 Å². The van der Waals surface area contributed by atoms with Crippen molar-refractivity contribution < 1.29 is 9.59 Å². The van der Waals surface area contributed by atoms with Crippen LogP contribution < -0.4 is 5.32 Å². The molecule has 0 spiro atoms. The van der Waals surface area contributed by atoms with E-state index in [4.69, 9.17) is 0 Å². The van der Waals surface area contributed by atoms with Gasteiger partial charge in [-0.2, -0.15) is 11.8 Å². The van der Waals surface area contributed by atoms with E-state index in [1.165, 1.54) is 6.92 Å². The monoisotopic (exact) mass is 275 g/mol. The van der Waals surface area contributed by atoms with Gasteiger partial charge in [-0.05, 0) is 20.1 Å². The first-order valence-electron chi connectivity index (χ1n) is 6.33. The molecule has 0 aromatic carbocycles. The molecule has 0 rings (SSSR count). The molecule has 0 unspecified atom stereocenters. The number of hydrogen-bond donors (Lipinski definition) is 1. The topological polar surface area (TPSA) is 46.2 Å². The molecule has 0 aliphatic carbocycles. The molecule has 0 saturated heterocycles. The van der Waals surface area contributed by atoms with Gasteiger partial charge in [0.05, 0.1) is 5.70 Å². The van der Waals surface area contributed by atoms with Gasteiger partial charge in [0.1, 0.15) is 0 Å². The van der Waals surface area contributed by atoms with Crippen LogP contribution in [0.5, 0.6) is 0 Å². The predicted molar refractivity (Wildman–Crippen MR) is 83.1 cm³/mol. The maximum atomic E-state index is 11.1. The third-order valence-corrected chi connectivity index (χ3v) is 3.12. The number of ketones is 2. The van der Waals surface area contributed by atoms with Crippen molar-refractivity contribution in [3.8, 4) is 0 Å².